The molecule has 2 N–H and O–H groups in total. The molecule has 1 unspecified atom stereocenters. The molecule has 4 rings (SSSR count). The van der Waals surface area contributed by atoms with E-state index in [1.165, 1.54) is 24.3 Å². The van der Waals surface area contributed by atoms with Crippen molar-refractivity contribution >= 4 is 11.9 Å². The van der Waals surface area contributed by atoms with Crippen LogP contribution in [0.2, 0.25) is 0 Å². The van der Waals surface area contributed by atoms with Gasteiger partial charge in [0.1, 0.15) is 17.3 Å². The Kier molecular flexibility index (Phi) is 5.77. The lowest BCUT2D eigenvalue weighted by atomic mass is 9.86. The second-order valence-corrected chi connectivity index (χ2v) is 7.29. The Morgan fingerprint density at radius 2 is 1.31 bits per heavy atom. The van der Waals surface area contributed by atoms with Crippen LogP contribution in [0.3, 0.4) is 0 Å². The van der Waals surface area contributed by atoms with E-state index in [0.717, 1.165) is 5.56 Å². The summed E-state index contributed by atoms with van der Waals surface area (Å²) in [4.78, 5) is 22.2. The van der Waals surface area contributed by atoms with Gasteiger partial charge in [-0.25, -0.2) is 9.59 Å². The van der Waals surface area contributed by atoms with Gasteiger partial charge in [-0.15, -0.1) is 0 Å². The monoisotopic (exact) mass is 428 g/mol. The molecule has 160 valence electrons. The molecule has 0 bridgehead atoms. The summed E-state index contributed by atoms with van der Waals surface area (Å²) in [6.45, 7) is 0. The SMILES string of the molecule is O=C(O)c1ccc(OC2=CC=CC(Oc3ccc(C(=O)O)cc3)(c3ccccc3)C2)cc1. The number of carbonyl (C=O) groups is 2. The summed E-state index contributed by atoms with van der Waals surface area (Å²) in [5.41, 5.74) is 0.409. The van der Waals surface area contributed by atoms with E-state index in [0.29, 0.717) is 23.7 Å². The molecule has 1 aliphatic carbocycles. The average molecular weight is 428 g/mol. The average Bonchev–Trinajstić information content (AvgIpc) is 2.80. The van der Waals surface area contributed by atoms with Crippen molar-refractivity contribution in [2.24, 2.45) is 0 Å². The molecule has 3 aromatic rings. The van der Waals surface area contributed by atoms with E-state index < -0.39 is 17.5 Å². The zero-order valence-electron chi connectivity index (χ0n) is 17.0. The van der Waals surface area contributed by atoms with E-state index in [9.17, 15) is 9.59 Å². The van der Waals surface area contributed by atoms with Crippen molar-refractivity contribution in [1.82, 2.24) is 0 Å². The van der Waals surface area contributed by atoms with Gasteiger partial charge in [-0.1, -0.05) is 36.4 Å². The van der Waals surface area contributed by atoms with Gasteiger partial charge in [-0.05, 0) is 66.2 Å². The summed E-state index contributed by atoms with van der Waals surface area (Å²) in [6.07, 6.45) is 6.01. The minimum Gasteiger partial charge on any atom is -0.478 e. The quantitative estimate of drug-likeness (QED) is 0.532. The Balaban J connectivity index is 1.61. The smallest absolute Gasteiger partial charge is 0.335 e. The summed E-state index contributed by atoms with van der Waals surface area (Å²) in [5, 5.41) is 18.2. The molecule has 0 aliphatic heterocycles. The fourth-order valence-electron chi connectivity index (χ4n) is 3.50. The van der Waals surface area contributed by atoms with Crippen LogP contribution in [0.25, 0.3) is 0 Å². The van der Waals surface area contributed by atoms with Gasteiger partial charge in [0.25, 0.3) is 0 Å². The molecule has 0 aromatic heterocycles. The largest absolute Gasteiger partial charge is 0.478 e. The van der Waals surface area contributed by atoms with Gasteiger partial charge in [0, 0.05) is 0 Å². The topological polar surface area (TPSA) is 93.1 Å². The molecule has 0 fully saturated rings. The zero-order valence-corrected chi connectivity index (χ0v) is 17.0. The van der Waals surface area contributed by atoms with Gasteiger partial charge >= 0.3 is 11.9 Å². The highest BCUT2D eigenvalue weighted by Crippen LogP contribution is 2.38. The van der Waals surface area contributed by atoms with Crippen LogP contribution in [0.5, 0.6) is 11.5 Å². The third-order valence-corrected chi connectivity index (χ3v) is 5.10. The summed E-state index contributed by atoms with van der Waals surface area (Å²) < 4.78 is 12.4. The second kappa shape index (κ2) is 8.81. The second-order valence-electron chi connectivity index (χ2n) is 7.29. The van der Waals surface area contributed by atoms with E-state index in [4.69, 9.17) is 19.7 Å². The maximum absolute atomic E-state index is 11.2. The number of benzene rings is 3. The van der Waals surface area contributed by atoms with Gasteiger partial charge in [0.2, 0.25) is 0 Å². The molecule has 1 aliphatic rings. The fourth-order valence-corrected chi connectivity index (χ4v) is 3.50. The molecule has 0 amide bonds. The van der Waals surface area contributed by atoms with Crippen LogP contribution in [0.15, 0.2) is 103 Å². The third kappa shape index (κ3) is 4.54. The van der Waals surface area contributed by atoms with E-state index in [-0.39, 0.29) is 11.1 Å². The molecule has 0 heterocycles. The lowest BCUT2D eigenvalue weighted by molar-refractivity contribution is 0.0686. The first kappa shape index (κ1) is 20.9. The summed E-state index contributed by atoms with van der Waals surface area (Å²) in [7, 11) is 0. The van der Waals surface area contributed by atoms with Gasteiger partial charge in [0.05, 0.1) is 17.5 Å². The van der Waals surface area contributed by atoms with Crippen molar-refractivity contribution in [3.8, 4) is 11.5 Å². The predicted molar refractivity (Wildman–Crippen MR) is 118 cm³/mol. The van der Waals surface area contributed by atoms with Gasteiger partial charge in [-0.3, -0.25) is 0 Å². The molecular weight excluding hydrogens is 408 g/mol. The van der Waals surface area contributed by atoms with Crippen molar-refractivity contribution in [2.45, 2.75) is 12.0 Å². The number of ether oxygens (including phenoxy) is 2. The molecule has 6 heteroatoms. The summed E-state index contributed by atoms with van der Waals surface area (Å²) >= 11 is 0. The number of carboxylic acids is 2. The van der Waals surface area contributed by atoms with Crippen LogP contribution in [-0.2, 0) is 5.60 Å². The Morgan fingerprint density at radius 3 is 1.88 bits per heavy atom. The highest BCUT2D eigenvalue weighted by molar-refractivity contribution is 5.88. The number of hydrogen-bond acceptors (Lipinski definition) is 4. The molecule has 0 radical (unpaired) electrons. The number of rotatable bonds is 7. The van der Waals surface area contributed by atoms with E-state index in [1.54, 1.807) is 24.3 Å². The van der Waals surface area contributed by atoms with Crippen LogP contribution in [-0.4, -0.2) is 22.2 Å². The van der Waals surface area contributed by atoms with Crippen molar-refractivity contribution in [1.29, 1.82) is 0 Å². The maximum Gasteiger partial charge on any atom is 0.335 e. The molecular formula is C26H20O6. The van der Waals surface area contributed by atoms with E-state index in [1.807, 2.05) is 48.6 Å². The van der Waals surface area contributed by atoms with Gasteiger partial charge in [-0.2, -0.15) is 0 Å². The minimum absolute atomic E-state index is 0.180. The first-order valence-electron chi connectivity index (χ1n) is 9.93. The van der Waals surface area contributed by atoms with Gasteiger partial charge in [0.15, 0.2) is 5.60 Å². The van der Waals surface area contributed by atoms with Crippen molar-refractivity contribution < 1.29 is 29.3 Å². The Morgan fingerprint density at radius 1 is 0.750 bits per heavy atom. The molecule has 0 saturated carbocycles. The van der Waals surface area contributed by atoms with Crippen LogP contribution in [0, 0.1) is 0 Å². The molecule has 32 heavy (non-hydrogen) atoms. The Hall–Kier alpha value is -4.32. The Bertz CT molecular complexity index is 1180. The zero-order chi connectivity index (χ0) is 22.6. The van der Waals surface area contributed by atoms with Crippen LogP contribution < -0.4 is 9.47 Å². The fraction of sp³-hybridized carbons (Fsp3) is 0.0769. The number of carboxylic acid groups (broad SMARTS) is 2. The summed E-state index contributed by atoms with van der Waals surface area (Å²) in [5.74, 6) is -0.317. The van der Waals surface area contributed by atoms with Gasteiger partial charge < -0.3 is 19.7 Å². The number of hydrogen-bond donors (Lipinski definition) is 2. The summed E-state index contributed by atoms with van der Waals surface area (Å²) in [6, 6.07) is 22.1. The third-order valence-electron chi connectivity index (χ3n) is 5.10. The normalized spacial score (nSPS) is 17.3. The van der Waals surface area contributed by atoms with Crippen molar-refractivity contribution in [3.05, 3.63) is 120 Å². The maximum atomic E-state index is 11.2. The first-order valence-corrected chi connectivity index (χ1v) is 9.93. The Labute approximate surface area is 184 Å². The highest BCUT2D eigenvalue weighted by atomic mass is 16.5. The van der Waals surface area contributed by atoms with Crippen molar-refractivity contribution in [2.75, 3.05) is 0 Å². The minimum atomic E-state index is -1.00. The standard InChI is InChI=1S/C26H20O6/c27-24(28)18-8-12-21(13-9-18)31-23-7-4-16-26(17-23,20-5-2-1-3-6-20)32-22-14-10-19(11-15-22)25(29)30/h1-16H,17H2,(H,27,28)(H,29,30). The van der Waals surface area contributed by atoms with Crippen LogP contribution in [0.1, 0.15) is 32.7 Å². The van der Waals surface area contributed by atoms with Crippen molar-refractivity contribution in [3.63, 3.8) is 0 Å². The van der Waals surface area contributed by atoms with E-state index in [2.05, 4.69) is 0 Å². The number of aromatic carboxylic acids is 2. The molecule has 0 spiro atoms. The molecule has 3 aromatic carbocycles. The predicted octanol–water partition coefficient (Wildman–Crippen LogP) is 5.28. The van der Waals surface area contributed by atoms with Crippen LogP contribution in [0.4, 0.5) is 0 Å². The van der Waals surface area contributed by atoms with Crippen LogP contribution >= 0.6 is 0 Å². The first-order chi connectivity index (χ1) is 15.4. The molecule has 1 atom stereocenters. The highest BCUT2D eigenvalue weighted by Gasteiger charge is 2.35. The number of allylic oxidation sites excluding steroid dienone is 2. The molecule has 0 saturated heterocycles. The lowest BCUT2D eigenvalue weighted by Crippen LogP contribution is -2.33. The molecule has 6 nitrogen and oxygen atoms in total. The van der Waals surface area contributed by atoms with E-state index >= 15 is 0 Å². The lowest BCUT2D eigenvalue weighted by Gasteiger charge is -2.34.